The number of likely N-dealkylation sites (tertiary alicyclic amines) is 1. The van der Waals surface area contributed by atoms with E-state index in [2.05, 4.69) is 4.90 Å². The smallest absolute Gasteiger partial charge is 0.335 e. The number of nitrogens with two attached hydrogens (primary N) is 1. The number of hydrogen-bond acceptors (Lipinski definition) is 3. The number of benzene rings is 1. The van der Waals surface area contributed by atoms with E-state index in [-0.39, 0.29) is 11.3 Å². The average molecular weight is 238 g/mol. The lowest BCUT2D eigenvalue weighted by atomic mass is 10.1. The maximum absolute atomic E-state index is 13.8. The van der Waals surface area contributed by atoms with E-state index < -0.39 is 11.8 Å². The molecule has 3 N–H and O–H groups in total. The van der Waals surface area contributed by atoms with Crippen LogP contribution < -0.4 is 5.73 Å². The van der Waals surface area contributed by atoms with Crippen LogP contribution in [-0.4, -0.2) is 29.1 Å². The molecule has 1 fully saturated rings. The highest BCUT2D eigenvalue weighted by Gasteiger charge is 2.17. The Bertz CT molecular complexity index is 419. The van der Waals surface area contributed by atoms with Crippen molar-refractivity contribution in [2.45, 2.75) is 19.4 Å². The molecule has 17 heavy (non-hydrogen) atoms. The number of carboxylic acids is 1. The highest BCUT2D eigenvalue weighted by Crippen LogP contribution is 2.22. The van der Waals surface area contributed by atoms with E-state index >= 15 is 0 Å². The molecule has 1 aliphatic heterocycles. The van der Waals surface area contributed by atoms with Gasteiger partial charge < -0.3 is 10.8 Å². The van der Waals surface area contributed by atoms with Gasteiger partial charge in [-0.15, -0.1) is 0 Å². The Morgan fingerprint density at radius 3 is 2.59 bits per heavy atom. The minimum absolute atomic E-state index is 0.106. The van der Waals surface area contributed by atoms with Gasteiger partial charge >= 0.3 is 5.97 Å². The van der Waals surface area contributed by atoms with Crippen molar-refractivity contribution in [1.82, 2.24) is 4.90 Å². The second kappa shape index (κ2) is 4.71. The number of nitrogens with zero attached hydrogens (tertiary/aromatic N) is 1. The largest absolute Gasteiger partial charge is 0.478 e. The lowest BCUT2D eigenvalue weighted by Gasteiger charge is -2.17. The van der Waals surface area contributed by atoms with Gasteiger partial charge in [-0.1, -0.05) is 0 Å². The van der Waals surface area contributed by atoms with Gasteiger partial charge in [-0.05, 0) is 38.1 Å². The fourth-order valence-electron chi connectivity index (χ4n) is 2.11. The number of rotatable bonds is 3. The molecule has 0 radical (unpaired) electrons. The molecule has 92 valence electrons. The summed E-state index contributed by atoms with van der Waals surface area (Å²) in [4.78, 5) is 12.8. The van der Waals surface area contributed by atoms with Crippen LogP contribution in [0, 0.1) is 5.82 Å². The molecule has 5 heteroatoms. The standard InChI is InChI=1S/C12H15FN2O2/c13-10-5-8(12(16)17)6-11(14)9(10)7-15-3-1-2-4-15/h5-6H,1-4,7,14H2,(H,16,17). The van der Waals surface area contributed by atoms with Gasteiger partial charge in [0.25, 0.3) is 0 Å². The molecule has 1 heterocycles. The Morgan fingerprint density at radius 1 is 1.41 bits per heavy atom. The van der Waals surface area contributed by atoms with Crippen LogP contribution in [0.15, 0.2) is 12.1 Å². The molecule has 0 aliphatic carbocycles. The molecule has 0 saturated carbocycles. The molecular formula is C12H15FN2O2. The van der Waals surface area contributed by atoms with Gasteiger partial charge in [-0.25, -0.2) is 9.18 Å². The van der Waals surface area contributed by atoms with E-state index in [4.69, 9.17) is 10.8 Å². The summed E-state index contributed by atoms with van der Waals surface area (Å²) in [5, 5.41) is 8.78. The fraction of sp³-hybridized carbons (Fsp3) is 0.417. The minimum Gasteiger partial charge on any atom is -0.478 e. The number of hydrogen-bond donors (Lipinski definition) is 2. The first kappa shape index (κ1) is 11.9. The number of carboxylic acid groups (broad SMARTS) is 1. The van der Waals surface area contributed by atoms with Gasteiger partial charge in [0.05, 0.1) is 5.56 Å². The maximum Gasteiger partial charge on any atom is 0.335 e. The van der Waals surface area contributed by atoms with Crippen molar-refractivity contribution in [2.75, 3.05) is 18.8 Å². The Morgan fingerprint density at radius 2 is 2.06 bits per heavy atom. The third-order valence-corrected chi connectivity index (χ3v) is 3.06. The summed E-state index contributed by atoms with van der Waals surface area (Å²) < 4.78 is 13.8. The van der Waals surface area contributed by atoms with Gasteiger partial charge in [-0.3, -0.25) is 4.90 Å². The Labute approximate surface area is 98.8 Å². The summed E-state index contributed by atoms with van der Waals surface area (Å²) in [7, 11) is 0. The third-order valence-electron chi connectivity index (χ3n) is 3.06. The summed E-state index contributed by atoms with van der Waals surface area (Å²) >= 11 is 0. The van der Waals surface area contributed by atoms with E-state index in [9.17, 15) is 9.18 Å². The second-order valence-electron chi connectivity index (χ2n) is 4.31. The van der Waals surface area contributed by atoms with E-state index in [0.717, 1.165) is 32.0 Å². The zero-order valence-corrected chi connectivity index (χ0v) is 9.45. The first-order chi connectivity index (χ1) is 8.08. The van der Waals surface area contributed by atoms with Crippen LogP contribution in [0.2, 0.25) is 0 Å². The number of nitrogen functional groups attached to an aromatic ring is 1. The van der Waals surface area contributed by atoms with Crippen LogP contribution in [0.3, 0.4) is 0 Å². The Hall–Kier alpha value is -1.62. The van der Waals surface area contributed by atoms with Crippen molar-refractivity contribution in [3.05, 3.63) is 29.1 Å². The molecule has 0 bridgehead atoms. The zero-order chi connectivity index (χ0) is 12.4. The third kappa shape index (κ3) is 2.55. The summed E-state index contributed by atoms with van der Waals surface area (Å²) in [5.41, 5.74) is 6.22. The molecule has 0 atom stereocenters. The van der Waals surface area contributed by atoms with Crippen LogP contribution in [0.4, 0.5) is 10.1 Å². The van der Waals surface area contributed by atoms with E-state index in [0.29, 0.717) is 12.1 Å². The van der Waals surface area contributed by atoms with Crippen molar-refractivity contribution in [1.29, 1.82) is 0 Å². The molecule has 0 spiro atoms. The Balaban J connectivity index is 2.24. The van der Waals surface area contributed by atoms with Gasteiger partial charge in [0.1, 0.15) is 5.82 Å². The zero-order valence-electron chi connectivity index (χ0n) is 9.45. The van der Waals surface area contributed by atoms with Crippen molar-refractivity contribution in [3.8, 4) is 0 Å². The quantitative estimate of drug-likeness (QED) is 0.786. The number of aromatic carboxylic acids is 1. The molecule has 1 aliphatic rings. The molecule has 0 aromatic heterocycles. The maximum atomic E-state index is 13.8. The SMILES string of the molecule is Nc1cc(C(=O)O)cc(F)c1CN1CCCC1. The minimum atomic E-state index is -1.16. The lowest BCUT2D eigenvalue weighted by Crippen LogP contribution is -2.20. The average Bonchev–Trinajstić information content (AvgIpc) is 2.75. The van der Waals surface area contributed by atoms with Crippen LogP contribution in [0.5, 0.6) is 0 Å². The summed E-state index contributed by atoms with van der Waals surface area (Å²) in [6.07, 6.45) is 2.24. The molecule has 1 aromatic carbocycles. The Kier molecular flexibility index (Phi) is 3.28. The summed E-state index contributed by atoms with van der Waals surface area (Å²) in [6.45, 7) is 2.34. The van der Waals surface area contributed by atoms with Crippen LogP contribution in [0.1, 0.15) is 28.8 Å². The molecule has 4 nitrogen and oxygen atoms in total. The molecule has 1 saturated heterocycles. The lowest BCUT2D eigenvalue weighted by molar-refractivity contribution is 0.0696. The molecular weight excluding hydrogens is 223 g/mol. The van der Waals surface area contributed by atoms with Crippen molar-refractivity contribution in [2.24, 2.45) is 0 Å². The molecule has 2 rings (SSSR count). The number of anilines is 1. The van der Waals surface area contributed by atoms with Crippen molar-refractivity contribution >= 4 is 11.7 Å². The molecule has 0 amide bonds. The molecule has 1 aromatic rings. The van der Waals surface area contributed by atoms with Gasteiger partial charge in [0.15, 0.2) is 0 Å². The van der Waals surface area contributed by atoms with Crippen molar-refractivity contribution < 1.29 is 14.3 Å². The van der Waals surface area contributed by atoms with E-state index in [1.807, 2.05) is 0 Å². The van der Waals surface area contributed by atoms with Crippen molar-refractivity contribution in [3.63, 3.8) is 0 Å². The van der Waals surface area contributed by atoms with Crippen LogP contribution in [-0.2, 0) is 6.54 Å². The summed E-state index contributed by atoms with van der Waals surface area (Å²) in [6, 6.07) is 2.35. The van der Waals surface area contributed by atoms with Crippen LogP contribution in [0.25, 0.3) is 0 Å². The number of carbonyl (C=O) groups is 1. The highest BCUT2D eigenvalue weighted by molar-refractivity contribution is 5.89. The highest BCUT2D eigenvalue weighted by atomic mass is 19.1. The normalized spacial score (nSPS) is 16.3. The van der Waals surface area contributed by atoms with Gasteiger partial charge in [-0.2, -0.15) is 0 Å². The van der Waals surface area contributed by atoms with E-state index in [1.54, 1.807) is 0 Å². The predicted octanol–water partition coefficient (Wildman–Crippen LogP) is 1.70. The fourth-order valence-corrected chi connectivity index (χ4v) is 2.11. The predicted molar refractivity (Wildman–Crippen MR) is 62.3 cm³/mol. The first-order valence-electron chi connectivity index (χ1n) is 5.61. The second-order valence-corrected chi connectivity index (χ2v) is 4.31. The van der Waals surface area contributed by atoms with Gasteiger partial charge in [0, 0.05) is 17.8 Å². The van der Waals surface area contributed by atoms with E-state index in [1.165, 1.54) is 6.07 Å². The first-order valence-corrected chi connectivity index (χ1v) is 5.61. The summed E-state index contributed by atoms with van der Waals surface area (Å²) in [5.74, 6) is -1.70. The van der Waals surface area contributed by atoms with Gasteiger partial charge in [0.2, 0.25) is 0 Å². The monoisotopic (exact) mass is 238 g/mol. The topological polar surface area (TPSA) is 66.6 Å². The van der Waals surface area contributed by atoms with Crippen LogP contribution >= 0.6 is 0 Å². The number of halogens is 1. The molecule has 0 unspecified atom stereocenters.